The second-order valence-corrected chi connectivity index (χ2v) is 10.2. The number of carbonyl (C=O) groups excluding carboxylic acids is 2. The van der Waals surface area contributed by atoms with Crippen LogP contribution in [0.4, 0.5) is 4.79 Å². The average Bonchev–Trinajstić information content (AvgIpc) is 3.30. The van der Waals surface area contributed by atoms with Crippen LogP contribution in [-0.4, -0.2) is 67.7 Å². The fourth-order valence-electron chi connectivity index (χ4n) is 4.86. The third kappa shape index (κ3) is 7.79. The predicted octanol–water partition coefficient (Wildman–Crippen LogP) is 4.48. The summed E-state index contributed by atoms with van der Waals surface area (Å²) in [7, 11) is 3.26. The van der Waals surface area contributed by atoms with E-state index >= 15 is 0 Å². The first kappa shape index (κ1) is 29.6. The summed E-state index contributed by atoms with van der Waals surface area (Å²) in [6.45, 7) is 6.63. The number of hydrogen-bond acceptors (Lipinski definition) is 7. The molecule has 6 atom stereocenters. The monoisotopic (exact) mass is 527 g/mol. The van der Waals surface area contributed by atoms with E-state index in [1.807, 2.05) is 68.4 Å². The van der Waals surface area contributed by atoms with Gasteiger partial charge in [-0.25, -0.2) is 9.69 Å². The number of benzene rings is 2. The fourth-order valence-corrected chi connectivity index (χ4v) is 4.86. The van der Waals surface area contributed by atoms with Crippen molar-refractivity contribution < 1.29 is 33.6 Å². The Bertz CT molecular complexity index is 1010. The molecule has 38 heavy (non-hydrogen) atoms. The smallest absolute Gasteiger partial charge is 0.416 e. The average molecular weight is 528 g/mol. The molecular formula is C30H41NO7. The highest BCUT2D eigenvalue weighted by molar-refractivity contribution is 5.95. The van der Waals surface area contributed by atoms with Crippen molar-refractivity contribution in [1.29, 1.82) is 0 Å². The Balaban J connectivity index is 1.58. The molecule has 3 rings (SSSR count). The summed E-state index contributed by atoms with van der Waals surface area (Å²) in [5, 5.41) is 11.2. The van der Waals surface area contributed by atoms with Crippen LogP contribution in [-0.2, 0) is 32.0 Å². The molecule has 208 valence electrons. The van der Waals surface area contributed by atoms with Gasteiger partial charge in [-0.15, -0.1) is 0 Å². The van der Waals surface area contributed by atoms with Crippen molar-refractivity contribution in [2.24, 2.45) is 17.8 Å². The Morgan fingerprint density at radius 1 is 1.05 bits per heavy atom. The number of ether oxygens (including phenoxy) is 4. The molecule has 2 amide bonds. The van der Waals surface area contributed by atoms with Crippen molar-refractivity contribution in [3.05, 3.63) is 65.7 Å². The molecule has 0 spiro atoms. The second-order valence-electron chi connectivity index (χ2n) is 10.2. The second kappa shape index (κ2) is 14.3. The summed E-state index contributed by atoms with van der Waals surface area (Å²) < 4.78 is 21.9. The summed E-state index contributed by atoms with van der Waals surface area (Å²) in [4.78, 5) is 27.0. The van der Waals surface area contributed by atoms with Crippen LogP contribution in [0.15, 0.2) is 54.6 Å². The number of nitrogens with zero attached hydrogens (tertiary/aromatic N) is 1. The minimum Gasteiger partial charge on any atom is -0.497 e. The van der Waals surface area contributed by atoms with Crippen molar-refractivity contribution in [1.82, 2.24) is 4.90 Å². The minimum atomic E-state index is -0.937. The number of cyclic esters (lactones) is 1. The molecule has 8 nitrogen and oxygen atoms in total. The van der Waals surface area contributed by atoms with Crippen LogP contribution >= 0.6 is 0 Å². The molecule has 0 saturated carbocycles. The molecule has 2 aromatic rings. The first-order valence-electron chi connectivity index (χ1n) is 13.2. The molecule has 1 N–H and O–H groups in total. The van der Waals surface area contributed by atoms with Crippen LogP contribution in [0.5, 0.6) is 5.75 Å². The van der Waals surface area contributed by atoms with Gasteiger partial charge in [0.2, 0.25) is 5.91 Å². The zero-order chi connectivity index (χ0) is 27.7. The molecule has 0 unspecified atom stereocenters. The van der Waals surface area contributed by atoms with E-state index in [1.54, 1.807) is 21.1 Å². The van der Waals surface area contributed by atoms with Crippen LogP contribution in [0.3, 0.4) is 0 Å². The standard InChI is InChI=1S/C30H41NO7/c1-20(15-27(19-35-4)37-17-24-11-13-26(36-5)14-12-24)21(2)28(32)22(3)29(33)31-25(18-38-30(31)34)16-23-9-7-6-8-10-23/h6-14,20-22,25,27-28,32H,15-19H2,1-5H3/t20-,21+,22-,25-,27-,28+/m1/s1. The van der Waals surface area contributed by atoms with Crippen LogP contribution in [0.1, 0.15) is 38.3 Å². The summed E-state index contributed by atoms with van der Waals surface area (Å²) in [6.07, 6.45) is -0.611. The maximum atomic E-state index is 13.4. The van der Waals surface area contributed by atoms with Gasteiger partial charge < -0.3 is 24.1 Å². The van der Waals surface area contributed by atoms with E-state index in [9.17, 15) is 14.7 Å². The van der Waals surface area contributed by atoms with Gasteiger partial charge in [0.05, 0.1) is 44.5 Å². The maximum absolute atomic E-state index is 13.4. The van der Waals surface area contributed by atoms with Crippen LogP contribution in [0.25, 0.3) is 0 Å². The number of imide groups is 1. The summed E-state index contributed by atoms with van der Waals surface area (Å²) >= 11 is 0. The van der Waals surface area contributed by atoms with Crippen molar-refractivity contribution in [2.45, 2.75) is 58.5 Å². The highest BCUT2D eigenvalue weighted by Crippen LogP contribution is 2.29. The van der Waals surface area contributed by atoms with Crippen LogP contribution in [0.2, 0.25) is 0 Å². The van der Waals surface area contributed by atoms with Crippen molar-refractivity contribution in [3.8, 4) is 5.75 Å². The SMILES string of the molecule is COC[C@@H](C[C@@H](C)[C@H](C)[C@H](O)[C@@H](C)C(=O)N1C(=O)OC[C@H]1Cc1ccccc1)OCc1ccc(OC)cc1. The summed E-state index contributed by atoms with van der Waals surface area (Å²) in [5.41, 5.74) is 2.04. The van der Waals surface area contributed by atoms with Gasteiger partial charge in [0, 0.05) is 7.11 Å². The van der Waals surface area contributed by atoms with E-state index in [0.717, 1.165) is 16.9 Å². The number of aliphatic hydroxyl groups excluding tert-OH is 1. The van der Waals surface area contributed by atoms with E-state index in [0.29, 0.717) is 26.1 Å². The molecule has 1 saturated heterocycles. The Morgan fingerprint density at radius 2 is 1.74 bits per heavy atom. The maximum Gasteiger partial charge on any atom is 0.416 e. The zero-order valence-corrected chi connectivity index (χ0v) is 23.0. The largest absolute Gasteiger partial charge is 0.497 e. The molecule has 1 aliphatic rings. The molecule has 0 radical (unpaired) electrons. The first-order chi connectivity index (χ1) is 18.2. The van der Waals surface area contributed by atoms with Gasteiger partial charge in [-0.1, -0.05) is 63.2 Å². The normalized spacial score (nSPS) is 19.4. The predicted molar refractivity (Wildman–Crippen MR) is 144 cm³/mol. The minimum absolute atomic E-state index is 0.0295. The molecule has 1 heterocycles. The number of amides is 2. The van der Waals surface area contributed by atoms with Gasteiger partial charge in [-0.2, -0.15) is 0 Å². The summed E-state index contributed by atoms with van der Waals surface area (Å²) in [6, 6.07) is 17.0. The van der Waals surface area contributed by atoms with Crippen molar-refractivity contribution in [3.63, 3.8) is 0 Å². The quantitative estimate of drug-likeness (QED) is 0.387. The number of aliphatic hydroxyl groups is 1. The van der Waals surface area contributed by atoms with Gasteiger partial charge in [0.15, 0.2) is 0 Å². The Morgan fingerprint density at radius 3 is 2.37 bits per heavy atom. The number of carbonyl (C=O) groups is 2. The van der Waals surface area contributed by atoms with Gasteiger partial charge >= 0.3 is 6.09 Å². The molecule has 1 fully saturated rings. The highest BCUT2D eigenvalue weighted by Gasteiger charge is 2.42. The molecule has 2 aromatic carbocycles. The van der Waals surface area contributed by atoms with Gasteiger partial charge in [0.1, 0.15) is 12.4 Å². The number of hydrogen-bond donors (Lipinski definition) is 1. The van der Waals surface area contributed by atoms with Crippen LogP contribution < -0.4 is 4.74 Å². The number of rotatable bonds is 14. The van der Waals surface area contributed by atoms with E-state index in [4.69, 9.17) is 18.9 Å². The van der Waals surface area contributed by atoms with E-state index in [-0.39, 0.29) is 24.5 Å². The van der Waals surface area contributed by atoms with Gasteiger partial charge in [-0.3, -0.25) is 4.79 Å². The van der Waals surface area contributed by atoms with E-state index in [2.05, 4.69) is 0 Å². The lowest BCUT2D eigenvalue weighted by Crippen LogP contribution is -2.47. The van der Waals surface area contributed by atoms with Gasteiger partial charge in [0.25, 0.3) is 0 Å². The first-order valence-corrected chi connectivity index (χ1v) is 13.2. The fraction of sp³-hybridized carbons (Fsp3) is 0.533. The van der Waals surface area contributed by atoms with Crippen molar-refractivity contribution >= 4 is 12.0 Å². The topological polar surface area (TPSA) is 94.5 Å². The van der Waals surface area contributed by atoms with E-state index in [1.165, 1.54) is 4.90 Å². The highest BCUT2D eigenvalue weighted by atomic mass is 16.6. The lowest BCUT2D eigenvalue weighted by Gasteiger charge is -2.32. The molecule has 0 bridgehead atoms. The molecule has 1 aliphatic heterocycles. The van der Waals surface area contributed by atoms with Gasteiger partial charge in [-0.05, 0) is 47.9 Å². The lowest BCUT2D eigenvalue weighted by molar-refractivity contribution is -0.138. The third-order valence-corrected chi connectivity index (χ3v) is 7.48. The van der Waals surface area contributed by atoms with E-state index < -0.39 is 30.1 Å². The lowest BCUT2D eigenvalue weighted by atomic mass is 9.81. The Hall–Kier alpha value is -2.94. The Kier molecular flexibility index (Phi) is 11.1. The molecule has 8 heteroatoms. The zero-order valence-electron chi connectivity index (χ0n) is 23.0. The molecule has 0 aromatic heterocycles. The third-order valence-electron chi connectivity index (χ3n) is 7.48. The van der Waals surface area contributed by atoms with Crippen molar-refractivity contribution in [2.75, 3.05) is 27.4 Å². The molecule has 0 aliphatic carbocycles. The number of methoxy groups -OCH3 is 2. The van der Waals surface area contributed by atoms with Crippen LogP contribution in [0, 0.1) is 17.8 Å². The Labute approximate surface area is 225 Å². The molecular weight excluding hydrogens is 486 g/mol. The summed E-state index contributed by atoms with van der Waals surface area (Å²) in [5.74, 6) is -0.580.